The molecular weight excluding hydrogens is 1040 g/mol. The van der Waals surface area contributed by atoms with Crippen molar-refractivity contribution in [3.8, 4) is 50.9 Å². The summed E-state index contributed by atoms with van der Waals surface area (Å²) in [5.74, 6) is 1.56. The van der Waals surface area contributed by atoms with Gasteiger partial charge in [0.25, 0.3) is 6.33 Å². The van der Waals surface area contributed by atoms with Crippen LogP contribution in [0.5, 0.6) is 11.5 Å². The third kappa shape index (κ3) is 9.66. The second-order valence-electron chi connectivity index (χ2n) is 20.8. The van der Waals surface area contributed by atoms with Gasteiger partial charge in [0, 0.05) is 47.0 Å². The zero-order valence-corrected chi connectivity index (χ0v) is 43.8. The standard InChI is InChI=1S/C64H62N4O.Pt/c1-42(2)32-44-26-29-58-60(34-44)66(41-67(58)62-53(46-18-12-11-13-19-46)23-17-24-54(62)47-36-48(63(5,6)7)38-49(37-47)64(8,9)10)50-20-16-21-51(39-50)69-52-27-28-56-55-22-14-15-25-57(55)68(59(56)40-52)61-35-45(30-31-65-61)33-43(3)4;/h11-31,34-38,42-43H,32-33H2,1-10H3;/q-2;/i11D,12D,13D,18D,19D,33D2;. The first kappa shape index (κ1) is 40.2. The van der Waals surface area contributed by atoms with E-state index in [1.165, 1.54) is 0 Å². The molecule has 356 valence electrons. The summed E-state index contributed by atoms with van der Waals surface area (Å²) in [5.41, 5.74) is 10.3. The molecule has 0 radical (unpaired) electrons. The molecule has 0 aliphatic carbocycles. The van der Waals surface area contributed by atoms with Gasteiger partial charge in [-0.25, -0.2) is 4.98 Å². The first-order valence-corrected chi connectivity index (χ1v) is 23.9. The summed E-state index contributed by atoms with van der Waals surface area (Å²) < 4.78 is 75.0. The molecule has 3 aromatic heterocycles. The topological polar surface area (TPSA) is 35.9 Å². The number of hydrogen-bond donors (Lipinski definition) is 0. The Balaban J connectivity index is 0.00000722. The van der Waals surface area contributed by atoms with Gasteiger partial charge >= 0.3 is 0 Å². The van der Waals surface area contributed by atoms with Crippen LogP contribution < -0.4 is 9.30 Å². The Hall–Kier alpha value is -6.55. The Kier molecular flexibility index (Phi) is 11.1. The fraction of sp³-hybridized carbons (Fsp3) is 0.250. The van der Waals surface area contributed by atoms with Crippen LogP contribution >= 0.6 is 0 Å². The average Bonchev–Trinajstić information content (AvgIpc) is 3.93. The summed E-state index contributed by atoms with van der Waals surface area (Å²) in [4.78, 5) is 4.75. The molecule has 0 aliphatic rings. The normalized spacial score (nSPS) is 13.7. The predicted octanol–water partition coefficient (Wildman–Crippen LogP) is 15.9. The summed E-state index contributed by atoms with van der Waals surface area (Å²) >= 11 is 0. The molecule has 7 aromatic carbocycles. The van der Waals surface area contributed by atoms with Crippen molar-refractivity contribution in [2.45, 2.75) is 92.9 Å². The van der Waals surface area contributed by atoms with Crippen LogP contribution in [0.2, 0.25) is 0 Å². The molecule has 0 unspecified atom stereocenters. The monoisotopic (exact) mass is 1100 g/mol. The van der Waals surface area contributed by atoms with Crippen LogP contribution in [0.15, 0.2) is 158 Å². The van der Waals surface area contributed by atoms with Gasteiger partial charge in [0.05, 0.1) is 23.6 Å². The number of ether oxygens (including phenoxy) is 1. The van der Waals surface area contributed by atoms with E-state index in [1.54, 1.807) is 12.3 Å². The molecule has 70 heavy (non-hydrogen) atoms. The van der Waals surface area contributed by atoms with Crippen LogP contribution in [-0.4, -0.2) is 14.1 Å². The average molecular weight is 1110 g/mol. The van der Waals surface area contributed by atoms with Crippen LogP contribution in [0.25, 0.3) is 72.3 Å². The van der Waals surface area contributed by atoms with E-state index in [9.17, 15) is 2.74 Å². The molecule has 10 rings (SSSR count). The van der Waals surface area contributed by atoms with Gasteiger partial charge < -0.3 is 13.9 Å². The van der Waals surface area contributed by atoms with Crippen molar-refractivity contribution in [2.24, 2.45) is 11.8 Å². The summed E-state index contributed by atoms with van der Waals surface area (Å²) in [6.45, 7) is 21.3. The minimum absolute atomic E-state index is 0. The molecule has 5 nitrogen and oxygen atoms in total. The van der Waals surface area contributed by atoms with Gasteiger partial charge in [-0.3, -0.25) is 4.57 Å². The number of rotatable bonds is 11. The molecule has 0 saturated carbocycles. The molecule has 0 fully saturated rings. The van der Waals surface area contributed by atoms with E-state index < -0.39 is 24.5 Å². The van der Waals surface area contributed by atoms with E-state index in [0.717, 1.165) is 67.1 Å². The summed E-state index contributed by atoms with van der Waals surface area (Å²) in [6.07, 6.45) is 4.63. The molecule has 0 atom stereocenters. The molecule has 0 N–H and O–H groups in total. The van der Waals surface area contributed by atoms with Gasteiger partial charge in [-0.05, 0) is 110 Å². The van der Waals surface area contributed by atoms with E-state index in [1.807, 2.05) is 100 Å². The third-order valence-corrected chi connectivity index (χ3v) is 12.6. The Morgan fingerprint density at radius 3 is 2.07 bits per heavy atom. The van der Waals surface area contributed by atoms with Crippen molar-refractivity contribution in [3.63, 3.8) is 0 Å². The first-order chi connectivity index (χ1) is 35.9. The van der Waals surface area contributed by atoms with Gasteiger partial charge in [-0.2, -0.15) is 18.2 Å². The van der Waals surface area contributed by atoms with E-state index in [4.69, 9.17) is 16.6 Å². The van der Waals surface area contributed by atoms with Crippen LogP contribution in [0, 0.1) is 30.3 Å². The van der Waals surface area contributed by atoms with Crippen LogP contribution in [0.1, 0.15) is 101 Å². The second kappa shape index (κ2) is 19.3. The Bertz CT molecular complexity index is 3860. The van der Waals surface area contributed by atoms with Gasteiger partial charge in [-0.15, -0.1) is 29.7 Å². The van der Waals surface area contributed by atoms with E-state index in [0.29, 0.717) is 45.7 Å². The van der Waals surface area contributed by atoms with Crippen molar-refractivity contribution in [1.29, 1.82) is 0 Å². The zero-order chi connectivity index (χ0) is 54.3. The van der Waals surface area contributed by atoms with Crippen molar-refractivity contribution in [3.05, 3.63) is 198 Å². The van der Waals surface area contributed by atoms with Crippen molar-refractivity contribution in [2.75, 3.05) is 0 Å². The molecular formula is C64H62N4OPt-2. The molecule has 0 bridgehead atoms. The molecule has 0 amide bonds. The van der Waals surface area contributed by atoms with E-state index in [-0.39, 0.29) is 55.5 Å². The number of nitrogens with zero attached hydrogens (tertiary/aromatic N) is 4. The summed E-state index contributed by atoms with van der Waals surface area (Å²) in [7, 11) is 0. The maximum Gasteiger partial charge on any atom is 0.268 e. The number of hydrogen-bond acceptors (Lipinski definition) is 2. The van der Waals surface area contributed by atoms with E-state index >= 15 is 0 Å². The van der Waals surface area contributed by atoms with Crippen molar-refractivity contribution in [1.82, 2.24) is 14.1 Å². The SMILES string of the molecule is [2H]c1c([2H])c([2H])c(-c2cccc(-c3cc(C(C)(C)C)cc(C(C)(C)C)c3)c2-[n+]2[c-]n(-c3[c-]c(Oc4[c-]c5c(cc4)c4ccccc4n5-c4cc(C([2H])([2H])C(C)C)ccn4)ccc3)c3cc(CC(C)C)ccc32)c([2H])c1[2H].[Pt]. The zero-order valence-electron chi connectivity index (χ0n) is 48.5. The molecule has 10 aromatic rings. The number of pyridine rings is 1. The molecule has 3 heterocycles. The summed E-state index contributed by atoms with van der Waals surface area (Å²) in [6, 6.07) is 45.3. The minimum atomic E-state index is -1.57. The van der Waals surface area contributed by atoms with Crippen LogP contribution in [0.4, 0.5) is 0 Å². The number of imidazole rings is 1. The largest absolute Gasteiger partial charge is 0.510 e. The van der Waals surface area contributed by atoms with Gasteiger partial charge in [0.1, 0.15) is 5.82 Å². The Labute approximate surface area is 438 Å². The molecule has 6 heteroatoms. The van der Waals surface area contributed by atoms with Gasteiger partial charge in [-0.1, -0.05) is 177 Å². The quantitative estimate of drug-likeness (QED) is 0.0956. The number of benzene rings is 7. The molecule has 0 aliphatic heterocycles. The fourth-order valence-corrected chi connectivity index (χ4v) is 9.23. The first-order valence-electron chi connectivity index (χ1n) is 27.4. The molecule has 0 saturated heterocycles. The van der Waals surface area contributed by atoms with Gasteiger partial charge in [0.15, 0.2) is 0 Å². The van der Waals surface area contributed by atoms with Crippen LogP contribution in [-0.2, 0) is 44.7 Å². The number of para-hydroxylation sites is 2. The fourth-order valence-electron chi connectivity index (χ4n) is 9.23. The minimum Gasteiger partial charge on any atom is -0.510 e. The van der Waals surface area contributed by atoms with Crippen molar-refractivity contribution < 1.29 is 40.0 Å². The maximum absolute atomic E-state index is 9.29. The van der Waals surface area contributed by atoms with Crippen molar-refractivity contribution >= 4 is 32.8 Å². The smallest absolute Gasteiger partial charge is 0.268 e. The summed E-state index contributed by atoms with van der Waals surface area (Å²) in [5, 5.41) is 1.94. The number of aromatic nitrogens is 4. The molecule has 0 spiro atoms. The van der Waals surface area contributed by atoms with Gasteiger partial charge in [0.2, 0.25) is 0 Å². The third-order valence-electron chi connectivity index (χ3n) is 12.6. The Morgan fingerprint density at radius 2 is 1.36 bits per heavy atom. The Morgan fingerprint density at radius 1 is 0.657 bits per heavy atom. The van der Waals surface area contributed by atoms with E-state index in [2.05, 4.69) is 116 Å². The second-order valence-corrected chi connectivity index (χ2v) is 20.8. The number of fused-ring (bicyclic) bond motifs is 4. The maximum atomic E-state index is 9.29. The predicted molar refractivity (Wildman–Crippen MR) is 285 cm³/mol. The van der Waals surface area contributed by atoms with Crippen LogP contribution in [0.3, 0.4) is 0 Å².